The topological polar surface area (TPSA) is 15.3 Å². The van der Waals surface area contributed by atoms with Crippen molar-refractivity contribution in [3.8, 4) is 0 Å². The van der Waals surface area contributed by atoms with Gasteiger partial charge in [0, 0.05) is 13.1 Å². The van der Waals surface area contributed by atoms with E-state index in [0.717, 1.165) is 12.1 Å². The summed E-state index contributed by atoms with van der Waals surface area (Å²) in [5, 5.41) is 3.38. The Bertz CT molecular complexity index is 655. The van der Waals surface area contributed by atoms with Crippen molar-refractivity contribution >= 4 is 0 Å². The first-order valence-electron chi connectivity index (χ1n) is 7.63. The second kappa shape index (κ2) is 6.34. The Balaban J connectivity index is 2.08. The van der Waals surface area contributed by atoms with Crippen LogP contribution < -0.4 is 5.32 Å². The van der Waals surface area contributed by atoms with Gasteiger partial charge in [0.2, 0.25) is 0 Å². The van der Waals surface area contributed by atoms with Crippen LogP contribution in [0, 0.1) is 0 Å². The Labute approximate surface area is 133 Å². The standard InChI is InChI=1S/C18H19F3N2/c1-23-12-11-22-16(13-7-3-2-4-8-13)17(23)14-9-5-6-10-15(14)18(19,20)21/h2-10,16-17,22H,11-12H2,1H3. The van der Waals surface area contributed by atoms with Gasteiger partial charge in [-0.25, -0.2) is 0 Å². The maximum absolute atomic E-state index is 13.4. The number of hydrogen-bond acceptors (Lipinski definition) is 2. The van der Waals surface area contributed by atoms with Gasteiger partial charge in [-0.15, -0.1) is 0 Å². The van der Waals surface area contributed by atoms with Crippen molar-refractivity contribution in [1.82, 2.24) is 10.2 Å². The maximum atomic E-state index is 13.4. The lowest BCUT2D eigenvalue weighted by Crippen LogP contribution is -2.46. The van der Waals surface area contributed by atoms with Crippen LogP contribution in [-0.4, -0.2) is 25.0 Å². The fourth-order valence-electron chi connectivity index (χ4n) is 3.29. The van der Waals surface area contributed by atoms with Gasteiger partial charge in [0.1, 0.15) is 0 Å². The fourth-order valence-corrected chi connectivity index (χ4v) is 3.29. The lowest BCUT2D eigenvalue weighted by atomic mass is 9.88. The zero-order valence-electron chi connectivity index (χ0n) is 12.8. The van der Waals surface area contributed by atoms with Gasteiger partial charge >= 0.3 is 6.18 Å². The van der Waals surface area contributed by atoms with E-state index in [-0.39, 0.29) is 12.1 Å². The highest BCUT2D eigenvalue weighted by Crippen LogP contribution is 2.41. The highest BCUT2D eigenvalue weighted by molar-refractivity contribution is 5.36. The first-order valence-corrected chi connectivity index (χ1v) is 7.63. The maximum Gasteiger partial charge on any atom is 0.416 e. The van der Waals surface area contributed by atoms with E-state index in [1.165, 1.54) is 12.1 Å². The number of likely N-dealkylation sites (N-methyl/N-ethyl adjacent to an activating group) is 1. The first-order chi connectivity index (χ1) is 11.0. The average Bonchev–Trinajstić information content (AvgIpc) is 2.55. The Hall–Kier alpha value is -1.85. The third-order valence-corrected chi connectivity index (χ3v) is 4.36. The third-order valence-electron chi connectivity index (χ3n) is 4.36. The van der Waals surface area contributed by atoms with E-state index in [1.807, 2.05) is 42.3 Å². The molecule has 0 aliphatic carbocycles. The molecule has 2 atom stereocenters. The summed E-state index contributed by atoms with van der Waals surface area (Å²) in [6.07, 6.45) is -4.35. The SMILES string of the molecule is CN1CCNC(c2ccccc2)C1c1ccccc1C(F)(F)F. The summed E-state index contributed by atoms with van der Waals surface area (Å²) in [5.74, 6) is 0. The molecule has 5 heteroatoms. The second-order valence-electron chi connectivity index (χ2n) is 5.85. The molecule has 2 unspecified atom stereocenters. The predicted octanol–water partition coefficient (Wildman–Crippen LogP) is 4.02. The minimum Gasteiger partial charge on any atom is -0.307 e. The molecule has 2 aromatic carbocycles. The van der Waals surface area contributed by atoms with Crippen molar-refractivity contribution in [2.24, 2.45) is 0 Å². The minimum atomic E-state index is -4.35. The number of benzene rings is 2. The quantitative estimate of drug-likeness (QED) is 0.899. The van der Waals surface area contributed by atoms with E-state index in [1.54, 1.807) is 12.1 Å². The number of rotatable bonds is 2. The Morgan fingerprint density at radius 2 is 1.65 bits per heavy atom. The number of alkyl halides is 3. The van der Waals surface area contributed by atoms with Gasteiger partial charge in [-0.3, -0.25) is 4.90 Å². The Kier molecular flexibility index (Phi) is 4.41. The lowest BCUT2D eigenvalue weighted by molar-refractivity contribution is -0.139. The molecule has 2 aromatic rings. The molecule has 1 fully saturated rings. The Morgan fingerprint density at radius 3 is 2.35 bits per heavy atom. The summed E-state index contributed by atoms with van der Waals surface area (Å²) in [6.45, 7) is 1.46. The van der Waals surface area contributed by atoms with Gasteiger partial charge in [-0.05, 0) is 24.2 Å². The van der Waals surface area contributed by atoms with Crippen LogP contribution in [0.4, 0.5) is 13.2 Å². The first kappa shape index (κ1) is 16.0. The van der Waals surface area contributed by atoms with Crippen LogP contribution in [0.25, 0.3) is 0 Å². The second-order valence-corrected chi connectivity index (χ2v) is 5.85. The van der Waals surface area contributed by atoms with Crippen molar-refractivity contribution < 1.29 is 13.2 Å². The monoisotopic (exact) mass is 320 g/mol. The number of nitrogens with one attached hydrogen (secondary N) is 1. The normalized spacial score (nSPS) is 23.0. The van der Waals surface area contributed by atoms with Gasteiger partial charge in [-0.1, -0.05) is 48.5 Å². The third kappa shape index (κ3) is 3.26. The summed E-state index contributed by atoms with van der Waals surface area (Å²) in [5.41, 5.74) is 0.770. The molecule has 1 saturated heterocycles. The van der Waals surface area contributed by atoms with E-state index in [4.69, 9.17) is 0 Å². The molecular formula is C18H19F3N2. The van der Waals surface area contributed by atoms with E-state index < -0.39 is 11.7 Å². The molecule has 0 spiro atoms. The molecule has 23 heavy (non-hydrogen) atoms. The highest BCUT2D eigenvalue weighted by Gasteiger charge is 2.39. The van der Waals surface area contributed by atoms with Gasteiger partial charge in [0.25, 0.3) is 0 Å². The van der Waals surface area contributed by atoms with E-state index in [9.17, 15) is 13.2 Å². The predicted molar refractivity (Wildman–Crippen MR) is 84.0 cm³/mol. The van der Waals surface area contributed by atoms with Crippen molar-refractivity contribution in [3.63, 3.8) is 0 Å². The van der Waals surface area contributed by atoms with Gasteiger partial charge < -0.3 is 5.32 Å². The summed E-state index contributed by atoms with van der Waals surface area (Å²) < 4.78 is 40.3. The van der Waals surface area contributed by atoms with Crippen molar-refractivity contribution in [2.45, 2.75) is 18.3 Å². The highest BCUT2D eigenvalue weighted by atomic mass is 19.4. The van der Waals surface area contributed by atoms with Crippen LogP contribution in [0.3, 0.4) is 0 Å². The number of halogens is 3. The van der Waals surface area contributed by atoms with Crippen molar-refractivity contribution in [1.29, 1.82) is 0 Å². The van der Waals surface area contributed by atoms with Crippen LogP contribution in [0.1, 0.15) is 28.8 Å². The van der Waals surface area contributed by atoms with Crippen LogP contribution in [-0.2, 0) is 6.18 Å². The summed E-state index contributed by atoms with van der Waals surface area (Å²) >= 11 is 0. The lowest BCUT2D eigenvalue weighted by Gasteiger charge is -2.41. The minimum absolute atomic E-state index is 0.168. The average molecular weight is 320 g/mol. The van der Waals surface area contributed by atoms with E-state index >= 15 is 0 Å². The van der Waals surface area contributed by atoms with Crippen LogP contribution in [0.5, 0.6) is 0 Å². The van der Waals surface area contributed by atoms with Crippen molar-refractivity contribution in [2.75, 3.05) is 20.1 Å². The summed E-state index contributed by atoms with van der Waals surface area (Å²) in [6, 6.07) is 15.0. The molecule has 0 bridgehead atoms. The molecule has 3 rings (SSSR count). The molecule has 0 radical (unpaired) electrons. The smallest absolute Gasteiger partial charge is 0.307 e. The van der Waals surface area contributed by atoms with Crippen LogP contribution in [0.15, 0.2) is 54.6 Å². The molecule has 0 amide bonds. The molecule has 1 aliphatic rings. The number of nitrogens with zero attached hydrogens (tertiary/aromatic N) is 1. The van der Waals surface area contributed by atoms with E-state index in [0.29, 0.717) is 12.1 Å². The summed E-state index contributed by atoms with van der Waals surface area (Å²) in [4.78, 5) is 2.00. The number of hydrogen-bond donors (Lipinski definition) is 1. The summed E-state index contributed by atoms with van der Waals surface area (Å²) in [7, 11) is 1.88. The molecule has 1 aliphatic heterocycles. The van der Waals surface area contributed by atoms with Crippen LogP contribution in [0.2, 0.25) is 0 Å². The number of piperazine rings is 1. The van der Waals surface area contributed by atoms with E-state index in [2.05, 4.69) is 5.32 Å². The van der Waals surface area contributed by atoms with Gasteiger partial charge in [0.15, 0.2) is 0 Å². The van der Waals surface area contributed by atoms with Crippen molar-refractivity contribution in [3.05, 3.63) is 71.3 Å². The molecule has 1 N–H and O–H groups in total. The zero-order valence-corrected chi connectivity index (χ0v) is 12.8. The van der Waals surface area contributed by atoms with Crippen LogP contribution >= 0.6 is 0 Å². The fraction of sp³-hybridized carbons (Fsp3) is 0.333. The zero-order chi connectivity index (χ0) is 16.4. The molecule has 0 saturated carbocycles. The molecule has 1 heterocycles. The molecule has 2 nitrogen and oxygen atoms in total. The van der Waals surface area contributed by atoms with Gasteiger partial charge in [-0.2, -0.15) is 13.2 Å². The molecule has 122 valence electrons. The molecular weight excluding hydrogens is 301 g/mol. The van der Waals surface area contributed by atoms with Gasteiger partial charge in [0.05, 0.1) is 17.6 Å². The Morgan fingerprint density at radius 1 is 1.00 bits per heavy atom. The largest absolute Gasteiger partial charge is 0.416 e. The molecule has 0 aromatic heterocycles.